The molecule has 2 heterocycles. The van der Waals surface area contributed by atoms with E-state index in [1.807, 2.05) is 32.3 Å². The molecular formula is C13H14BrN3O. The Bertz CT molecular complexity index is 560. The number of hydrogen-bond donors (Lipinski definition) is 1. The molecule has 1 N–H and O–H groups in total. The summed E-state index contributed by atoms with van der Waals surface area (Å²) in [6.07, 6.45) is 3.62. The number of nitrogens with zero attached hydrogens (tertiary/aromatic N) is 2. The highest BCUT2D eigenvalue weighted by Crippen LogP contribution is 2.13. The van der Waals surface area contributed by atoms with Crippen molar-refractivity contribution in [2.24, 2.45) is 7.05 Å². The minimum atomic E-state index is -0.0937. The summed E-state index contributed by atoms with van der Waals surface area (Å²) in [4.78, 5) is 16.1. The maximum atomic E-state index is 11.9. The van der Waals surface area contributed by atoms with Gasteiger partial charge in [-0.25, -0.2) is 0 Å². The van der Waals surface area contributed by atoms with Crippen LogP contribution in [-0.2, 0) is 13.6 Å². The number of pyridine rings is 1. The molecule has 94 valence electrons. The van der Waals surface area contributed by atoms with E-state index in [0.717, 1.165) is 15.7 Å². The normalized spacial score (nSPS) is 10.4. The van der Waals surface area contributed by atoms with Gasteiger partial charge < -0.3 is 9.88 Å². The van der Waals surface area contributed by atoms with Gasteiger partial charge in [0.1, 0.15) is 5.69 Å². The topological polar surface area (TPSA) is 46.9 Å². The number of carbonyl (C=O) groups is 1. The fraction of sp³-hybridized carbons (Fsp3) is 0.231. The Morgan fingerprint density at radius 3 is 2.83 bits per heavy atom. The molecule has 0 aromatic carbocycles. The number of halogens is 1. The minimum absolute atomic E-state index is 0.0937. The first-order valence-electron chi connectivity index (χ1n) is 5.58. The first kappa shape index (κ1) is 12.8. The van der Waals surface area contributed by atoms with Gasteiger partial charge in [-0.05, 0) is 40.5 Å². The predicted molar refractivity (Wildman–Crippen MR) is 73.3 cm³/mol. The average Bonchev–Trinajstić information content (AvgIpc) is 2.67. The minimum Gasteiger partial charge on any atom is -0.347 e. The zero-order valence-corrected chi connectivity index (χ0v) is 11.9. The van der Waals surface area contributed by atoms with Crippen molar-refractivity contribution in [3.63, 3.8) is 0 Å². The fourth-order valence-electron chi connectivity index (χ4n) is 1.63. The average molecular weight is 308 g/mol. The van der Waals surface area contributed by atoms with E-state index in [0.29, 0.717) is 12.2 Å². The molecule has 0 spiro atoms. The summed E-state index contributed by atoms with van der Waals surface area (Å²) >= 11 is 3.34. The molecule has 2 aromatic rings. The standard InChI is InChI=1S/C13H14BrN3O/c1-9-3-4-10(6-15-9)7-16-13(18)12-5-11(14)8-17(12)2/h3-6,8H,7H2,1-2H3,(H,16,18). The van der Waals surface area contributed by atoms with Gasteiger partial charge in [0, 0.05) is 36.2 Å². The van der Waals surface area contributed by atoms with Gasteiger partial charge >= 0.3 is 0 Å². The van der Waals surface area contributed by atoms with Gasteiger partial charge in [0.2, 0.25) is 0 Å². The van der Waals surface area contributed by atoms with Crippen LogP contribution in [0.25, 0.3) is 0 Å². The summed E-state index contributed by atoms with van der Waals surface area (Å²) < 4.78 is 2.68. The molecule has 0 atom stereocenters. The van der Waals surface area contributed by atoms with Crippen LogP contribution in [-0.4, -0.2) is 15.5 Å². The molecule has 0 saturated heterocycles. The van der Waals surface area contributed by atoms with E-state index in [9.17, 15) is 4.79 Å². The van der Waals surface area contributed by atoms with Crippen LogP contribution in [0.15, 0.2) is 35.1 Å². The monoisotopic (exact) mass is 307 g/mol. The van der Waals surface area contributed by atoms with Crippen LogP contribution < -0.4 is 5.32 Å². The largest absolute Gasteiger partial charge is 0.347 e. The molecule has 2 aromatic heterocycles. The van der Waals surface area contributed by atoms with Gasteiger partial charge in [0.15, 0.2) is 0 Å². The second-order valence-electron chi connectivity index (χ2n) is 4.14. The van der Waals surface area contributed by atoms with Crippen LogP contribution in [0.3, 0.4) is 0 Å². The molecule has 1 amide bonds. The highest BCUT2D eigenvalue weighted by molar-refractivity contribution is 9.10. The van der Waals surface area contributed by atoms with E-state index in [-0.39, 0.29) is 5.91 Å². The lowest BCUT2D eigenvalue weighted by Crippen LogP contribution is -2.24. The molecule has 0 aliphatic heterocycles. The van der Waals surface area contributed by atoms with Crippen molar-refractivity contribution in [1.82, 2.24) is 14.9 Å². The first-order chi connectivity index (χ1) is 8.56. The number of rotatable bonds is 3. The zero-order chi connectivity index (χ0) is 13.1. The van der Waals surface area contributed by atoms with Crippen LogP contribution in [0.5, 0.6) is 0 Å². The van der Waals surface area contributed by atoms with E-state index in [1.165, 1.54) is 0 Å². The Hall–Kier alpha value is -1.62. The highest BCUT2D eigenvalue weighted by Gasteiger charge is 2.10. The molecule has 4 nitrogen and oxygen atoms in total. The van der Waals surface area contributed by atoms with E-state index < -0.39 is 0 Å². The summed E-state index contributed by atoms with van der Waals surface area (Å²) in [6, 6.07) is 5.69. The van der Waals surface area contributed by atoms with E-state index in [2.05, 4.69) is 26.2 Å². The molecule has 5 heteroatoms. The SMILES string of the molecule is Cc1ccc(CNC(=O)c2cc(Br)cn2C)cn1. The summed E-state index contributed by atoms with van der Waals surface area (Å²) in [5.74, 6) is -0.0937. The molecule has 0 saturated carbocycles. The molecule has 0 radical (unpaired) electrons. The third kappa shape index (κ3) is 2.98. The summed E-state index contributed by atoms with van der Waals surface area (Å²) in [5, 5.41) is 2.87. The predicted octanol–water partition coefficient (Wildman–Crippen LogP) is 2.42. The van der Waals surface area contributed by atoms with Gasteiger partial charge in [-0.15, -0.1) is 0 Å². The van der Waals surface area contributed by atoms with Crippen molar-refractivity contribution in [3.8, 4) is 0 Å². The molecule has 0 bridgehead atoms. The lowest BCUT2D eigenvalue weighted by Gasteiger charge is -2.06. The Morgan fingerprint density at radius 2 is 2.28 bits per heavy atom. The first-order valence-corrected chi connectivity index (χ1v) is 6.37. The van der Waals surface area contributed by atoms with Crippen LogP contribution >= 0.6 is 15.9 Å². The molecule has 0 fully saturated rings. The summed E-state index contributed by atoms with van der Waals surface area (Å²) in [6.45, 7) is 2.42. The van der Waals surface area contributed by atoms with Crippen LogP contribution in [0.2, 0.25) is 0 Å². The Balaban J connectivity index is 2.00. The lowest BCUT2D eigenvalue weighted by molar-refractivity contribution is 0.0943. The smallest absolute Gasteiger partial charge is 0.268 e. The highest BCUT2D eigenvalue weighted by atomic mass is 79.9. The van der Waals surface area contributed by atoms with Crippen molar-refractivity contribution < 1.29 is 4.79 Å². The summed E-state index contributed by atoms with van der Waals surface area (Å²) in [7, 11) is 1.84. The lowest BCUT2D eigenvalue weighted by atomic mass is 10.2. The van der Waals surface area contributed by atoms with Gasteiger partial charge in [-0.2, -0.15) is 0 Å². The van der Waals surface area contributed by atoms with Crippen LogP contribution in [0, 0.1) is 6.92 Å². The number of amides is 1. The number of carbonyl (C=O) groups excluding carboxylic acids is 1. The van der Waals surface area contributed by atoms with Gasteiger partial charge in [0.05, 0.1) is 0 Å². The van der Waals surface area contributed by atoms with Crippen molar-refractivity contribution in [1.29, 1.82) is 0 Å². The van der Waals surface area contributed by atoms with Gasteiger partial charge in [-0.1, -0.05) is 6.07 Å². The number of nitrogens with one attached hydrogen (secondary N) is 1. The van der Waals surface area contributed by atoms with E-state index in [1.54, 1.807) is 16.8 Å². The second kappa shape index (κ2) is 5.35. The third-order valence-corrected chi connectivity index (χ3v) is 3.06. The summed E-state index contributed by atoms with van der Waals surface area (Å²) in [5.41, 5.74) is 2.58. The number of aryl methyl sites for hydroxylation is 2. The number of aromatic nitrogens is 2. The number of hydrogen-bond acceptors (Lipinski definition) is 2. The van der Waals surface area contributed by atoms with E-state index in [4.69, 9.17) is 0 Å². The third-order valence-electron chi connectivity index (χ3n) is 2.63. The molecule has 18 heavy (non-hydrogen) atoms. The zero-order valence-electron chi connectivity index (χ0n) is 10.3. The van der Waals surface area contributed by atoms with Gasteiger partial charge in [-0.3, -0.25) is 9.78 Å². The molecule has 2 rings (SSSR count). The molecule has 0 unspecified atom stereocenters. The van der Waals surface area contributed by atoms with Gasteiger partial charge in [0.25, 0.3) is 5.91 Å². The Labute approximate surface area is 114 Å². The molecule has 0 aliphatic rings. The Kier molecular flexibility index (Phi) is 3.81. The quantitative estimate of drug-likeness (QED) is 0.946. The second-order valence-corrected chi connectivity index (χ2v) is 5.06. The van der Waals surface area contributed by atoms with Crippen LogP contribution in [0.4, 0.5) is 0 Å². The van der Waals surface area contributed by atoms with Crippen molar-refractivity contribution in [3.05, 3.63) is 52.0 Å². The maximum absolute atomic E-state index is 11.9. The Morgan fingerprint density at radius 1 is 1.50 bits per heavy atom. The van der Waals surface area contributed by atoms with Crippen molar-refractivity contribution in [2.75, 3.05) is 0 Å². The molecule has 0 aliphatic carbocycles. The van der Waals surface area contributed by atoms with Crippen molar-refractivity contribution in [2.45, 2.75) is 13.5 Å². The van der Waals surface area contributed by atoms with E-state index >= 15 is 0 Å². The maximum Gasteiger partial charge on any atom is 0.268 e. The fourth-order valence-corrected chi connectivity index (χ4v) is 2.15. The van der Waals surface area contributed by atoms with Crippen LogP contribution in [0.1, 0.15) is 21.7 Å². The molecular weight excluding hydrogens is 294 g/mol. The van der Waals surface area contributed by atoms with Crippen molar-refractivity contribution >= 4 is 21.8 Å².